The molecule has 1 N–H and O–H groups in total. The summed E-state index contributed by atoms with van der Waals surface area (Å²) in [4.78, 5) is 12.9. The minimum atomic E-state index is -0.198. The SMILES string of the molecule is CN(c1ccccc1)c1ccnc(Sc2cccc(-c3ccc4c(n3)-c3c(O)cccc3C4(C)C)c2)c1. The van der Waals surface area contributed by atoms with Crippen LogP contribution < -0.4 is 4.90 Å². The molecule has 182 valence electrons. The smallest absolute Gasteiger partial charge is 0.125 e. The molecule has 5 heteroatoms. The summed E-state index contributed by atoms with van der Waals surface area (Å²) in [7, 11) is 2.07. The lowest BCUT2D eigenvalue weighted by molar-refractivity contribution is 0.476. The molecule has 0 aliphatic heterocycles. The predicted octanol–water partition coefficient (Wildman–Crippen LogP) is 8.07. The number of benzene rings is 3. The van der Waals surface area contributed by atoms with Gasteiger partial charge in [-0.2, -0.15) is 0 Å². The maximum Gasteiger partial charge on any atom is 0.125 e. The Morgan fingerprint density at radius 3 is 2.43 bits per heavy atom. The van der Waals surface area contributed by atoms with Gasteiger partial charge in [0.25, 0.3) is 0 Å². The fourth-order valence-corrected chi connectivity index (χ4v) is 5.94. The van der Waals surface area contributed by atoms with Gasteiger partial charge in [-0.3, -0.25) is 0 Å². The average Bonchev–Trinajstić information content (AvgIpc) is 3.16. The van der Waals surface area contributed by atoms with Crippen LogP contribution in [0.25, 0.3) is 22.5 Å². The van der Waals surface area contributed by atoms with Crippen LogP contribution in [0.3, 0.4) is 0 Å². The largest absolute Gasteiger partial charge is 0.507 e. The summed E-state index contributed by atoms with van der Waals surface area (Å²) in [5, 5.41) is 11.6. The topological polar surface area (TPSA) is 49.2 Å². The summed E-state index contributed by atoms with van der Waals surface area (Å²) in [6, 6.07) is 32.8. The fraction of sp³-hybridized carbons (Fsp3) is 0.125. The van der Waals surface area contributed by atoms with Gasteiger partial charge in [0.15, 0.2) is 0 Å². The van der Waals surface area contributed by atoms with Gasteiger partial charge in [-0.05, 0) is 59.7 Å². The molecule has 0 saturated heterocycles. The summed E-state index contributed by atoms with van der Waals surface area (Å²) in [5.41, 5.74) is 7.91. The molecule has 1 aliphatic carbocycles. The Kier molecular flexibility index (Phi) is 5.73. The van der Waals surface area contributed by atoms with Crippen LogP contribution in [0.4, 0.5) is 11.4 Å². The summed E-state index contributed by atoms with van der Waals surface area (Å²) >= 11 is 1.63. The number of anilines is 2. The quantitative estimate of drug-likeness (QED) is 0.264. The molecule has 0 radical (unpaired) electrons. The van der Waals surface area contributed by atoms with Crippen molar-refractivity contribution in [2.75, 3.05) is 11.9 Å². The summed E-state index contributed by atoms with van der Waals surface area (Å²) < 4.78 is 0. The number of aromatic nitrogens is 2. The maximum absolute atomic E-state index is 10.7. The molecule has 1 aliphatic rings. The van der Waals surface area contributed by atoms with E-state index < -0.39 is 0 Å². The standard InChI is InChI=1S/C32H27N3OS/c1-32(2)25-13-8-14-28(36)30(25)31-26(32)15-16-27(34-31)21-9-7-12-24(19-21)37-29-20-23(17-18-33-29)35(3)22-10-5-4-6-11-22/h4-20,36H,1-3H3. The summed E-state index contributed by atoms with van der Waals surface area (Å²) in [5.74, 6) is 0.282. The Bertz CT molecular complexity index is 1610. The average molecular weight is 502 g/mol. The Morgan fingerprint density at radius 1 is 0.784 bits per heavy atom. The molecule has 0 atom stereocenters. The van der Waals surface area contributed by atoms with Crippen LogP contribution in [0.15, 0.2) is 113 Å². The number of fused-ring (bicyclic) bond motifs is 3. The zero-order chi connectivity index (χ0) is 25.6. The van der Waals surface area contributed by atoms with Gasteiger partial charge in [0, 0.05) is 46.1 Å². The highest BCUT2D eigenvalue weighted by atomic mass is 32.2. The van der Waals surface area contributed by atoms with Crippen LogP contribution >= 0.6 is 11.8 Å². The van der Waals surface area contributed by atoms with E-state index in [1.165, 1.54) is 0 Å². The number of phenolic OH excluding ortho intramolecular Hbond substituents is 1. The van der Waals surface area contributed by atoms with Crippen molar-refractivity contribution in [1.82, 2.24) is 9.97 Å². The highest BCUT2D eigenvalue weighted by Crippen LogP contribution is 2.51. The van der Waals surface area contributed by atoms with Crippen LogP contribution in [0.2, 0.25) is 0 Å². The zero-order valence-electron chi connectivity index (χ0n) is 21.0. The van der Waals surface area contributed by atoms with Crippen LogP contribution in [-0.2, 0) is 5.41 Å². The number of rotatable bonds is 5. The molecule has 2 heterocycles. The van der Waals surface area contributed by atoms with E-state index in [4.69, 9.17) is 4.98 Å². The molecule has 0 bridgehead atoms. The van der Waals surface area contributed by atoms with E-state index in [2.05, 4.69) is 91.4 Å². The molecule has 0 spiro atoms. The van der Waals surface area contributed by atoms with Crippen molar-refractivity contribution in [2.45, 2.75) is 29.2 Å². The lowest BCUT2D eigenvalue weighted by atomic mass is 9.83. The van der Waals surface area contributed by atoms with Crippen LogP contribution in [0, 0.1) is 0 Å². The number of hydrogen-bond donors (Lipinski definition) is 1. The third-order valence-corrected chi connectivity index (χ3v) is 8.04. The molecule has 0 unspecified atom stereocenters. The van der Waals surface area contributed by atoms with E-state index in [0.717, 1.165) is 54.9 Å². The molecule has 0 amide bonds. The van der Waals surface area contributed by atoms with E-state index in [1.807, 2.05) is 36.5 Å². The van der Waals surface area contributed by atoms with Crippen molar-refractivity contribution in [1.29, 1.82) is 0 Å². The fourth-order valence-electron chi connectivity index (χ4n) is 5.07. The first-order valence-corrected chi connectivity index (χ1v) is 13.1. The molecule has 0 saturated carbocycles. The number of hydrogen-bond acceptors (Lipinski definition) is 5. The van der Waals surface area contributed by atoms with Crippen molar-refractivity contribution in [3.8, 4) is 28.3 Å². The van der Waals surface area contributed by atoms with E-state index in [0.29, 0.717) is 0 Å². The third kappa shape index (κ3) is 4.15. The first-order valence-electron chi connectivity index (χ1n) is 12.3. The normalized spacial score (nSPS) is 13.2. The Balaban J connectivity index is 1.31. The molecule has 4 nitrogen and oxygen atoms in total. The van der Waals surface area contributed by atoms with E-state index in [-0.39, 0.29) is 11.2 Å². The number of para-hydroxylation sites is 1. The summed E-state index contributed by atoms with van der Waals surface area (Å²) in [6.07, 6.45) is 1.86. The van der Waals surface area contributed by atoms with Gasteiger partial charge in [-0.15, -0.1) is 0 Å². The van der Waals surface area contributed by atoms with E-state index in [9.17, 15) is 5.11 Å². The van der Waals surface area contributed by atoms with Gasteiger partial charge in [0.2, 0.25) is 0 Å². The minimum Gasteiger partial charge on any atom is -0.507 e. The first kappa shape index (κ1) is 23.3. The highest BCUT2D eigenvalue weighted by Gasteiger charge is 2.38. The van der Waals surface area contributed by atoms with Crippen LogP contribution in [-0.4, -0.2) is 22.1 Å². The van der Waals surface area contributed by atoms with Crippen molar-refractivity contribution in [3.63, 3.8) is 0 Å². The van der Waals surface area contributed by atoms with Crippen molar-refractivity contribution < 1.29 is 5.11 Å². The highest BCUT2D eigenvalue weighted by molar-refractivity contribution is 7.99. The van der Waals surface area contributed by atoms with Crippen LogP contribution in [0.5, 0.6) is 5.75 Å². The molecule has 37 heavy (non-hydrogen) atoms. The number of pyridine rings is 2. The van der Waals surface area contributed by atoms with E-state index in [1.54, 1.807) is 17.8 Å². The monoisotopic (exact) mass is 501 g/mol. The van der Waals surface area contributed by atoms with Gasteiger partial charge >= 0.3 is 0 Å². The second-order valence-corrected chi connectivity index (χ2v) is 10.9. The minimum absolute atomic E-state index is 0.198. The van der Waals surface area contributed by atoms with Gasteiger partial charge in [-0.1, -0.05) is 74.1 Å². The lowest BCUT2D eigenvalue weighted by Gasteiger charge is -2.21. The third-order valence-electron chi connectivity index (χ3n) is 7.12. The number of aromatic hydroxyl groups is 1. The van der Waals surface area contributed by atoms with Crippen molar-refractivity contribution in [3.05, 3.63) is 114 Å². The number of nitrogens with zero attached hydrogens (tertiary/aromatic N) is 3. The van der Waals surface area contributed by atoms with E-state index >= 15 is 0 Å². The molecule has 0 fully saturated rings. The van der Waals surface area contributed by atoms with Gasteiger partial charge in [0.1, 0.15) is 10.8 Å². The van der Waals surface area contributed by atoms with Crippen LogP contribution in [0.1, 0.15) is 25.0 Å². The predicted molar refractivity (Wildman–Crippen MR) is 152 cm³/mol. The molecular weight excluding hydrogens is 474 g/mol. The molecular formula is C32H27N3OS. The second kappa shape index (κ2) is 9.09. The van der Waals surface area contributed by atoms with Gasteiger partial charge < -0.3 is 10.0 Å². The molecule has 5 aromatic rings. The first-order chi connectivity index (χ1) is 17.9. The molecule has 2 aromatic heterocycles. The van der Waals surface area contributed by atoms with Crippen molar-refractivity contribution in [2.24, 2.45) is 0 Å². The van der Waals surface area contributed by atoms with Gasteiger partial charge in [-0.25, -0.2) is 9.97 Å². The molecule has 3 aromatic carbocycles. The lowest BCUT2D eigenvalue weighted by Crippen LogP contribution is -2.14. The van der Waals surface area contributed by atoms with Crippen molar-refractivity contribution >= 4 is 23.1 Å². The Morgan fingerprint density at radius 2 is 1.59 bits per heavy atom. The second-order valence-electron chi connectivity index (χ2n) is 9.79. The van der Waals surface area contributed by atoms with Gasteiger partial charge in [0.05, 0.1) is 11.4 Å². The number of phenols is 1. The summed E-state index contributed by atoms with van der Waals surface area (Å²) in [6.45, 7) is 4.37. The maximum atomic E-state index is 10.7. The Hall–Kier alpha value is -4.09. The zero-order valence-corrected chi connectivity index (χ0v) is 21.8. The molecule has 6 rings (SSSR count). The Labute approximate surface area is 221 Å².